The Morgan fingerprint density at radius 1 is 1.12 bits per heavy atom. The van der Waals surface area contributed by atoms with Gasteiger partial charge in [0, 0.05) is 26.2 Å². The standard InChI is InChI=1S/C33H33ClF3N9O4/c1-3-23-26(43-9-11-44(12-10-43)29(49)25-27(48)18(2)38-17-39-25)30(50)46-31(41-28(42-46)19-14-32(15-19)7-4-8-32)45(23)16-24(47)40-22-6-5-20(13-21(22)34)33(35,36)37/h5-6,13-14,17,48H,3-4,7-12,15-16H2,1-2H3,(H,40,47). The van der Waals surface area contributed by atoms with Crippen molar-refractivity contribution in [3.63, 3.8) is 0 Å². The lowest BCUT2D eigenvalue weighted by molar-refractivity contribution is -0.137. The summed E-state index contributed by atoms with van der Waals surface area (Å²) in [5.41, 5.74) is 0.680. The van der Waals surface area contributed by atoms with Crippen molar-refractivity contribution in [2.24, 2.45) is 5.41 Å². The fraction of sp³-hybridized carbons (Fsp3) is 0.424. The SMILES string of the molecule is CCc1c(N2CCN(C(=O)c3ncnc(C)c3O)CC2)c(=O)n2nc(C3=CC4(CCC4)C3)nc2n1CC(=O)Nc1ccc(C(F)(F)F)cc1Cl. The minimum Gasteiger partial charge on any atom is -0.504 e. The molecule has 4 heterocycles. The highest BCUT2D eigenvalue weighted by Gasteiger charge is 2.43. The van der Waals surface area contributed by atoms with Crippen LogP contribution in [0.25, 0.3) is 11.4 Å². The van der Waals surface area contributed by atoms with Gasteiger partial charge >= 0.3 is 6.18 Å². The number of amides is 2. The molecule has 3 aliphatic rings. The molecular formula is C33H33ClF3N9O4. The normalized spacial score (nSPS) is 17.0. The fourth-order valence-electron chi connectivity index (χ4n) is 6.91. The molecule has 1 aromatic carbocycles. The van der Waals surface area contributed by atoms with E-state index in [9.17, 15) is 32.7 Å². The van der Waals surface area contributed by atoms with Gasteiger partial charge in [0.15, 0.2) is 17.3 Å². The maximum absolute atomic E-state index is 14.2. The Labute approximate surface area is 288 Å². The maximum Gasteiger partial charge on any atom is 0.416 e. The topological polar surface area (TPSA) is 151 Å². The number of aromatic hydroxyl groups is 1. The zero-order valence-corrected chi connectivity index (χ0v) is 28.0. The van der Waals surface area contributed by atoms with Crippen LogP contribution in [0.15, 0.2) is 35.4 Å². The smallest absolute Gasteiger partial charge is 0.416 e. The Balaban J connectivity index is 1.22. The molecule has 17 heteroatoms. The summed E-state index contributed by atoms with van der Waals surface area (Å²) in [6.45, 7) is 4.00. The molecule has 0 radical (unpaired) electrons. The molecular weight excluding hydrogens is 679 g/mol. The number of aryl methyl sites for hydroxylation is 1. The van der Waals surface area contributed by atoms with Crippen molar-refractivity contribution in [3.8, 4) is 5.75 Å². The summed E-state index contributed by atoms with van der Waals surface area (Å²) < 4.78 is 42.4. The monoisotopic (exact) mass is 711 g/mol. The number of anilines is 2. The van der Waals surface area contributed by atoms with Gasteiger partial charge in [-0.05, 0) is 61.8 Å². The van der Waals surface area contributed by atoms with E-state index in [0.717, 1.165) is 49.5 Å². The molecule has 7 rings (SSSR count). The van der Waals surface area contributed by atoms with Crippen LogP contribution in [0.1, 0.15) is 65.9 Å². The second-order valence-electron chi connectivity index (χ2n) is 12.9. The summed E-state index contributed by atoms with van der Waals surface area (Å²) in [7, 11) is 0. The van der Waals surface area contributed by atoms with E-state index in [4.69, 9.17) is 16.6 Å². The summed E-state index contributed by atoms with van der Waals surface area (Å²) in [5, 5.41) is 17.3. The van der Waals surface area contributed by atoms with Crippen LogP contribution in [0, 0.1) is 12.3 Å². The quantitative estimate of drug-likeness (QED) is 0.283. The second kappa shape index (κ2) is 12.4. The number of carbonyl (C=O) groups is 2. The Morgan fingerprint density at radius 3 is 2.46 bits per heavy atom. The van der Waals surface area contributed by atoms with Gasteiger partial charge in [-0.3, -0.25) is 14.4 Å². The van der Waals surface area contributed by atoms with E-state index < -0.39 is 29.1 Å². The van der Waals surface area contributed by atoms with Gasteiger partial charge in [0.1, 0.15) is 18.6 Å². The van der Waals surface area contributed by atoms with E-state index in [1.807, 2.05) is 11.8 Å². The molecule has 262 valence electrons. The largest absolute Gasteiger partial charge is 0.504 e. The molecule has 1 spiro atoms. The van der Waals surface area contributed by atoms with E-state index in [1.54, 1.807) is 11.5 Å². The van der Waals surface area contributed by atoms with Gasteiger partial charge in [-0.1, -0.05) is 31.0 Å². The van der Waals surface area contributed by atoms with Crippen LogP contribution in [0.5, 0.6) is 5.75 Å². The van der Waals surface area contributed by atoms with Gasteiger partial charge in [-0.25, -0.2) is 9.97 Å². The van der Waals surface area contributed by atoms with Gasteiger partial charge in [0.25, 0.3) is 11.5 Å². The third-order valence-corrected chi connectivity index (χ3v) is 10.1. The summed E-state index contributed by atoms with van der Waals surface area (Å²) >= 11 is 6.12. The summed E-state index contributed by atoms with van der Waals surface area (Å²) in [4.78, 5) is 56.9. The van der Waals surface area contributed by atoms with Gasteiger partial charge in [0.2, 0.25) is 11.7 Å². The molecule has 0 bridgehead atoms. The molecule has 3 aromatic heterocycles. The van der Waals surface area contributed by atoms with Crippen LogP contribution in [0.2, 0.25) is 5.02 Å². The van der Waals surface area contributed by atoms with Crippen LogP contribution in [0.4, 0.5) is 24.5 Å². The van der Waals surface area contributed by atoms with Gasteiger partial charge in [-0.2, -0.15) is 22.7 Å². The molecule has 0 atom stereocenters. The molecule has 13 nitrogen and oxygen atoms in total. The zero-order chi connectivity index (χ0) is 35.5. The van der Waals surface area contributed by atoms with Crippen molar-refractivity contribution in [2.45, 2.75) is 58.7 Å². The van der Waals surface area contributed by atoms with Crippen molar-refractivity contribution in [1.29, 1.82) is 0 Å². The highest BCUT2D eigenvalue weighted by molar-refractivity contribution is 6.33. The van der Waals surface area contributed by atoms with E-state index >= 15 is 0 Å². The van der Waals surface area contributed by atoms with Crippen molar-refractivity contribution in [1.82, 2.24) is 34.0 Å². The van der Waals surface area contributed by atoms with Crippen molar-refractivity contribution >= 4 is 46.1 Å². The fourth-order valence-corrected chi connectivity index (χ4v) is 7.14. The van der Waals surface area contributed by atoms with Crippen LogP contribution in [-0.2, 0) is 23.9 Å². The van der Waals surface area contributed by atoms with E-state index in [0.29, 0.717) is 23.6 Å². The second-order valence-corrected chi connectivity index (χ2v) is 13.3. The first-order valence-electron chi connectivity index (χ1n) is 16.2. The number of halogens is 4. The first kappa shape index (κ1) is 33.5. The van der Waals surface area contributed by atoms with Crippen LogP contribution < -0.4 is 15.8 Å². The van der Waals surface area contributed by atoms with Crippen LogP contribution in [0.3, 0.4) is 0 Å². The number of fused-ring (bicyclic) bond motifs is 1. The molecule has 2 N–H and O–H groups in total. The summed E-state index contributed by atoms with van der Waals surface area (Å²) in [5.74, 6) is -0.806. The van der Waals surface area contributed by atoms with Gasteiger partial charge in [-0.15, -0.1) is 5.10 Å². The van der Waals surface area contributed by atoms with E-state index in [-0.39, 0.29) is 71.8 Å². The lowest BCUT2D eigenvalue weighted by atomic mass is 9.58. The lowest BCUT2D eigenvalue weighted by Crippen LogP contribution is -2.51. The third-order valence-electron chi connectivity index (χ3n) is 9.78. The van der Waals surface area contributed by atoms with Crippen molar-refractivity contribution in [2.75, 3.05) is 36.4 Å². The Hall–Kier alpha value is -4.99. The minimum atomic E-state index is -4.60. The highest BCUT2D eigenvalue weighted by atomic mass is 35.5. The van der Waals surface area contributed by atoms with Crippen LogP contribution in [-0.4, -0.2) is 77.1 Å². The molecule has 50 heavy (non-hydrogen) atoms. The van der Waals surface area contributed by atoms with Crippen molar-refractivity contribution < 1.29 is 27.9 Å². The highest BCUT2D eigenvalue weighted by Crippen LogP contribution is 2.56. The average Bonchev–Trinajstić information content (AvgIpc) is 3.48. The predicted molar refractivity (Wildman–Crippen MR) is 177 cm³/mol. The Bertz CT molecular complexity index is 2130. The zero-order valence-electron chi connectivity index (χ0n) is 27.2. The molecule has 2 fully saturated rings. The summed E-state index contributed by atoms with van der Waals surface area (Å²) in [6.07, 6.45) is 3.24. The number of allylic oxidation sites excluding steroid dienone is 2. The average molecular weight is 712 g/mol. The lowest BCUT2D eigenvalue weighted by Gasteiger charge is -2.46. The summed E-state index contributed by atoms with van der Waals surface area (Å²) in [6, 6.07) is 2.67. The predicted octanol–water partition coefficient (Wildman–Crippen LogP) is 4.49. The molecule has 2 amide bonds. The van der Waals surface area contributed by atoms with Crippen molar-refractivity contribution in [3.05, 3.63) is 74.4 Å². The Morgan fingerprint density at radius 2 is 1.84 bits per heavy atom. The first-order chi connectivity index (χ1) is 23.8. The first-order valence-corrected chi connectivity index (χ1v) is 16.6. The van der Waals surface area contributed by atoms with Crippen LogP contribution >= 0.6 is 11.6 Å². The number of aromatic nitrogens is 6. The molecule has 1 aliphatic heterocycles. The number of rotatable bonds is 7. The maximum atomic E-state index is 14.2. The Kier molecular flexibility index (Phi) is 8.31. The van der Waals surface area contributed by atoms with E-state index in [2.05, 4.69) is 26.5 Å². The number of piperazine rings is 1. The minimum absolute atomic E-state index is 0.00159. The van der Waals surface area contributed by atoms with Gasteiger partial charge < -0.3 is 24.8 Å². The number of hydrogen-bond donors (Lipinski definition) is 2. The number of benzene rings is 1. The molecule has 4 aromatic rings. The number of carbonyl (C=O) groups excluding carboxylic acids is 2. The third kappa shape index (κ3) is 5.84. The number of alkyl halides is 3. The van der Waals surface area contributed by atoms with Gasteiger partial charge in [0.05, 0.1) is 27.7 Å². The number of hydrogen-bond acceptors (Lipinski definition) is 9. The molecule has 1 saturated heterocycles. The molecule has 2 aliphatic carbocycles. The number of nitrogens with one attached hydrogen (secondary N) is 1. The van der Waals surface area contributed by atoms with E-state index in [1.165, 1.54) is 15.7 Å². The molecule has 1 saturated carbocycles. The molecule has 0 unspecified atom stereocenters. The number of nitrogens with zero attached hydrogens (tertiary/aromatic N) is 8.